The molecule has 0 radical (unpaired) electrons. The number of hydrogen-bond donors (Lipinski definition) is 0. The van der Waals surface area contributed by atoms with Crippen molar-refractivity contribution < 1.29 is 4.39 Å². The maximum absolute atomic E-state index is 14.9. The summed E-state index contributed by atoms with van der Waals surface area (Å²) in [6.45, 7) is 4.49. The predicted octanol–water partition coefficient (Wildman–Crippen LogP) is 7.70. The van der Waals surface area contributed by atoms with E-state index >= 15 is 0 Å². The summed E-state index contributed by atoms with van der Waals surface area (Å²) in [7, 11) is 0. The maximum atomic E-state index is 14.9. The van der Waals surface area contributed by atoms with Crippen LogP contribution in [0.5, 0.6) is 0 Å². The van der Waals surface area contributed by atoms with E-state index in [-0.39, 0.29) is 5.82 Å². The molecule has 0 aliphatic heterocycles. The fraction of sp³-hybridized carbons (Fsp3) is 0.379. The van der Waals surface area contributed by atoms with Crippen LogP contribution in [0.3, 0.4) is 0 Å². The number of rotatable bonds is 4. The number of hydrogen-bond acceptors (Lipinski definition) is 0. The molecule has 154 valence electrons. The average molecular weight is 399 g/mol. The molecule has 0 heterocycles. The van der Waals surface area contributed by atoms with Crippen molar-refractivity contribution in [2.24, 2.45) is 11.8 Å². The smallest absolute Gasteiger partial charge is 0.146 e. The number of benzene rings is 3. The van der Waals surface area contributed by atoms with Gasteiger partial charge in [-0.2, -0.15) is 0 Å². The van der Waals surface area contributed by atoms with Gasteiger partial charge in [-0.05, 0) is 65.8 Å². The Hall–Kier alpha value is -2.59. The van der Waals surface area contributed by atoms with E-state index in [1.54, 1.807) is 6.07 Å². The van der Waals surface area contributed by atoms with Crippen molar-refractivity contribution in [3.05, 3.63) is 82.7 Å². The van der Waals surface area contributed by atoms with Crippen molar-refractivity contribution in [1.82, 2.24) is 0 Å². The molecule has 0 aromatic heterocycles. The van der Waals surface area contributed by atoms with Crippen molar-refractivity contribution in [3.8, 4) is 11.8 Å². The topological polar surface area (TPSA) is 0 Å². The third kappa shape index (κ3) is 4.93. The van der Waals surface area contributed by atoms with E-state index < -0.39 is 0 Å². The summed E-state index contributed by atoms with van der Waals surface area (Å²) in [6, 6.07) is 18.2. The molecule has 1 saturated carbocycles. The van der Waals surface area contributed by atoms with Crippen molar-refractivity contribution in [3.63, 3.8) is 0 Å². The molecule has 0 saturated heterocycles. The van der Waals surface area contributed by atoms with Crippen LogP contribution in [-0.2, 0) is 12.8 Å². The van der Waals surface area contributed by atoms with Crippen LogP contribution in [-0.4, -0.2) is 0 Å². The van der Waals surface area contributed by atoms with Crippen LogP contribution in [0.1, 0.15) is 68.2 Å². The molecule has 1 fully saturated rings. The van der Waals surface area contributed by atoms with Crippen molar-refractivity contribution in [1.29, 1.82) is 0 Å². The lowest BCUT2D eigenvalue weighted by atomic mass is 9.80. The summed E-state index contributed by atoms with van der Waals surface area (Å²) in [6.07, 6.45) is 8.96. The summed E-state index contributed by atoms with van der Waals surface area (Å²) in [5, 5.41) is 1.58. The summed E-state index contributed by atoms with van der Waals surface area (Å²) in [4.78, 5) is 0. The van der Waals surface area contributed by atoms with Crippen LogP contribution >= 0.6 is 0 Å². The molecule has 3 aromatic carbocycles. The van der Waals surface area contributed by atoms with Crippen LogP contribution in [0, 0.1) is 29.5 Å². The second kappa shape index (κ2) is 9.48. The molecular formula is C29H31F. The normalized spacial score (nSPS) is 18.8. The average Bonchev–Trinajstić information content (AvgIpc) is 2.79. The van der Waals surface area contributed by atoms with Gasteiger partial charge in [0, 0.05) is 10.9 Å². The molecule has 0 spiro atoms. The van der Waals surface area contributed by atoms with Gasteiger partial charge in [0.25, 0.3) is 0 Å². The molecule has 3 aromatic rings. The van der Waals surface area contributed by atoms with Crippen molar-refractivity contribution in [2.75, 3.05) is 0 Å². The fourth-order valence-electron chi connectivity index (χ4n) is 4.54. The lowest BCUT2D eigenvalue weighted by Gasteiger charge is -2.26. The zero-order valence-corrected chi connectivity index (χ0v) is 18.2. The molecule has 0 bridgehead atoms. The van der Waals surface area contributed by atoms with Gasteiger partial charge in [0.1, 0.15) is 5.82 Å². The minimum atomic E-state index is -0.221. The molecule has 0 atom stereocenters. The summed E-state index contributed by atoms with van der Waals surface area (Å²) in [5.41, 5.74) is 4.00. The molecule has 0 unspecified atom stereocenters. The Morgan fingerprint density at radius 1 is 0.867 bits per heavy atom. The Labute approximate surface area is 180 Å². The van der Waals surface area contributed by atoms with Gasteiger partial charge in [0.05, 0.1) is 5.56 Å². The standard InChI is InChI=1S/C29H31F/c1-3-22-15-19-28-27(20-22)18-17-26(29(28)30)16-14-25-12-10-24(11-13-25)9-8-23-6-4-21(2)5-7-23/h10-13,15,17-21,23H,3-9H2,1-2H3. The van der Waals surface area contributed by atoms with Crippen LogP contribution < -0.4 is 0 Å². The van der Waals surface area contributed by atoms with Crippen LogP contribution in [0.4, 0.5) is 4.39 Å². The van der Waals surface area contributed by atoms with Gasteiger partial charge < -0.3 is 0 Å². The lowest BCUT2D eigenvalue weighted by molar-refractivity contribution is 0.278. The third-order valence-corrected chi connectivity index (χ3v) is 6.70. The van der Waals surface area contributed by atoms with E-state index in [9.17, 15) is 4.39 Å². The van der Waals surface area contributed by atoms with Crippen molar-refractivity contribution in [2.45, 2.75) is 58.8 Å². The molecule has 0 N–H and O–H groups in total. The van der Waals surface area contributed by atoms with Crippen LogP contribution in [0.2, 0.25) is 0 Å². The molecule has 0 amide bonds. The van der Waals surface area contributed by atoms with Gasteiger partial charge >= 0.3 is 0 Å². The quantitative estimate of drug-likeness (QED) is 0.395. The minimum absolute atomic E-state index is 0.221. The zero-order chi connectivity index (χ0) is 20.9. The highest BCUT2D eigenvalue weighted by Crippen LogP contribution is 2.31. The first-order chi connectivity index (χ1) is 14.6. The van der Waals surface area contributed by atoms with E-state index in [4.69, 9.17) is 0 Å². The van der Waals surface area contributed by atoms with E-state index in [1.807, 2.05) is 18.2 Å². The Balaban J connectivity index is 1.42. The summed E-state index contributed by atoms with van der Waals surface area (Å²) in [5.74, 6) is 7.76. The Bertz CT molecular complexity index is 1060. The first kappa shape index (κ1) is 20.7. The minimum Gasteiger partial charge on any atom is -0.205 e. The predicted molar refractivity (Wildman–Crippen MR) is 125 cm³/mol. The first-order valence-electron chi connectivity index (χ1n) is 11.4. The molecular weight excluding hydrogens is 367 g/mol. The van der Waals surface area contributed by atoms with E-state index in [2.05, 4.69) is 56.0 Å². The highest BCUT2D eigenvalue weighted by molar-refractivity contribution is 5.85. The van der Waals surface area contributed by atoms with Gasteiger partial charge in [-0.25, -0.2) is 4.39 Å². The lowest BCUT2D eigenvalue weighted by Crippen LogP contribution is -2.12. The van der Waals surface area contributed by atoms with Crippen molar-refractivity contribution >= 4 is 10.8 Å². The summed E-state index contributed by atoms with van der Waals surface area (Å²) >= 11 is 0. The highest BCUT2D eigenvalue weighted by atomic mass is 19.1. The maximum Gasteiger partial charge on any atom is 0.146 e. The van der Waals surface area contributed by atoms with Gasteiger partial charge in [0.15, 0.2) is 0 Å². The van der Waals surface area contributed by atoms with Gasteiger partial charge in [0.2, 0.25) is 0 Å². The summed E-state index contributed by atoms with van der Waals surface area (Å²) < 4.78 is 14.9. The number of aryl methyl sites for hydroxylation is 2. The second-order valence-electron chi connectivity index (χ2n) is 8.95. The van der Waals surface area contributed by atoms with Gasteiger partial charge in [-0.15, -0.1) is 0 Å². The van der Waals surface area contributed by atoms with Gasteiger partial charge in [-0.3, -0.25) is 0 Å². The Morgan fingerprint density at radius 2 is 1.60 bits per heavy atom. The Kier molecular flexibility index (Phi) is 6.53. The highest BCUT2D eigenvalue weighted by Gasteiger charge is 2.17. The Morgan fingerprint density at radius 3 is 2.33 bits per heavy atom. The molecule has 1 aliphatic carbocycles. The van der Waals surface area contributed by atoms with Crippen LogP contribution in [0.15, 0.2) is 54.6 Å². The van der Waals surface area contributed by atoms with E-state index in [0.29, 0.717) is 10.9 Å². The van der Waals surface area contributed by atoms with Gasteiger partial charge in [-0.1, -0.05) is 87.8 Å². The number of fused-ring (bicyclic) bond motifs is 1. The molecule has 4 rings (SSSR count). The van der Waals surface area contributed by atoms with Crippen LogP contribution in [0.25, 0.3) is 10.8 Å². The SMILES string of the molecule is CCc1ccc2c(F)c(C#Cc3ccc(CCC4CCC(C)CC4)cc3)ccc2c1. The molecule has 0 nitrogen and oxygen atoms in total. The fourth-order valence-corrected chi connectivity index (χ4v) is 4.54. The number of halogens is 1. The third-order valence-electron chi connectivity index (χ3n) is 6.70. The second-order valence-corrected chi connectivity index (χ2v) is 8.95. The molecule has 30 heavy (non-hydrogen) atoms. The molecule has 1 aliphatic rings. The first-order valence-corrected chi connectivity index (χ1v) is 11.4. The van der Waals surface area contributed by atoms with E-state index in [1.165, 1.54) is 43.2 Å². The monoisotopic (exact) mass is 398 g/mol. The zero-order valence-electron chi connectivity index (χ0n) is 18.2. The largest absolute Gasteiger partial charge is 0.205 e. The molecule has 1 heteroatoms. The van der Waals surface area contributed by atoms with E-state index in [0.717, 1.165) is 35.6 Å².